The third-order valence-corrected chi connectivity index (χ3v) is 2.12. The van der Waals surface area contributed by atoms with Crippen molar-refractivity contribution in [2.24, 2.45) is 11.7 Å². The topological polar surface area (TPSA) is 46.2 Å². The van der Waals surface area contributed by atoms with E-state index in [9.17, 15) is 5.11 Å². The number of hydrogen-bond donors (Lipinski definition) is 2. The van der Waals surface area contributed by atoms with Crippen LogP contribution < -0.4 is 5.73 Å². The molecule has 0 aromatic carbocycles. The molecule has 0 aromatic heterocycles. The van der Waals surface area contributed by atoms with E-state index in [1.807, 2.05) is 0 Å². The Labute approximate surface area is 68.2 Å². The predicted molar refractivity (Wildman–Crippen MR) is 44.2 cm³/mol. The van der Waals surface area contributed by atoms with Gasteiger partial charge in [0.2, 0.25) is 0 Å². The molecule has 0 heterocycles. The van der Waals surface area contributed by atoms with Gasteiger partial charge in [0.05, 0.1) is 6.10 Å². The van der Waals surface area contributed by atoms with Gasteiger partial charge in [-0.25, -0.2) is 0 Å². The zero-order chi connectivity index (χ0) is 6.85. The van der Waals surface area contributed by atoms with Gasteiger partial charge in [0.15, 0.2) is 0 Å². The number of nitrogens with two attached hydrogens (primary N) is 1. The summed E-state index contributed by atoms with van der Waals surface area (Å²) in [7, 11) is 0. The van der Waals surface area contributed by atoms with Gasteiger partial charge in [-0.1, -0.05) is 6.92 Å². The van der Waals surface area contributed by atoms with Crippen LogP contribution in [0.25, 0.3) is 0 Å². The molecule has 1 fully saturated rings. The lowest BCUT2D eigenvalue weighted by Crippen LogP contribution is -2.39. The van der Waals surface area contributed by atoms with Crippen molar-refractivity contribution in [2.45, 2.75) is 38.3 Å². The van der Waals surface area contributed by atoms with Crippen LogP contribution in [0.2, 0.25) is 0 Å². The van der Waals surface area contributed by atoms with Gasteiger partial charge in [-0.05, 0) is 25.2 Å². The second-order valence-electron chi connectivity index (χ2n) is 3.15. The van der Waals surface area contributed by atoms with Crippen molar-refractivity contribution in [1.82, 2.24) is 0 Å². The normalized spacial score (nSPS) is 40.5. The maximum absolute atomic E-state index is 9.17. The summed E-state index contributed by atoms with van der Waals surface area (Å²) < 4.78 is 0. The van der Waals surface area contributed by atoms with Gasteiger partial charge in [0, 0.05) is 6.04 Å². The highest BCUT2D eigenvalue weighted by Crippen LogP contribution is 2.22. The van der Waals surface area contributed by atoms with Crippen molar-refractivity contribution in [3.05, 3.63) is 0 Å². The lowest BCUT2D eigenvalue weighted by Gasteiger charge is -2.28. The summed E-state index contributed by atoms with van der Waals surface area (Å²) >= 11 is 0. The molecule has 1 rings (SSSR count). The highest BCUT2D eigenvalue weighted by Gasteiger charge is 2.23. The van der Waals surface area contributed by atoms with Crippen LogP contribution in [-0.2, 0) is 0 Å². The van der Waals surface area contributed by atoms with Crippen LogP contribution in [0.4, 0.5) is 0 Å². The summed E-state index contributed by atoms with van der Waals surface area (Å²) in [5, 5.41) is 9.17. The number of aliphatic hydroxyl groups excluding tert-OH is 1. The minimum Gasteiger partial charge on any atom is -0.392 e. The Morgan fingerprint density at radius 3 is 2.40 bits per heavy atom. The summed E-state index contributed by atoms with van der Waals surface area (Å²) in [5.74, 6) is 0.711. The van der Waals surface area contributed by atoms with Gasteiger partial charge in [0.25, 0.3) is 0 Å². The van der Waals surface area contributed by atoms with Crippen molar-refractivity contribution in [2.75, 3.05) is 0 Å². The molecule has 62 valence electrons. The van der Waals surface area contributed by atoms with Gasteiger partial charge in [-0.15, -0.1) is 12.4 Å². The molecule has 0 amide bonds. The number of rotatable bonds is 0. The first kappa shape index (κ1) is 10.2. The van der Waals surface area contributed by atoms with Gasteiger partial charge in [0.1, 0.15) is 0 Å². The number of aliphatic hydroxyl groups is 1. The van der Waals surface area contributed by atoms with Crippen LogP contribution in [0, 0.1) is 5.92 Å². The van der Waals surface area contributed by atoms with Crippen LogP contribution in [0.15, 0.2) is 0 Å². The Morgan fingerprint density at radius 2 is 2.00 bits per heavy atom. The predicted octanol–water partition coefficient (Wildman–Crippen LogP) is 0.916. The Balaban J connectivity index is 0.000000810. The van der Waals surface area contributed by atoms with Crippen LogP contribution in [0.1, 0.15) is 26.2 Å². The van der Waals surface area contributed by atoms with E-state index >= 15 is 0 Å². The van der Waals surface area contributed by atoms with E-state index in [0.29, 0.717) is 5.92 Å². The summed E-state index contributed by atoms with van der Waals surface area (Å²) in [6.45, 7) is 2.19. The van der Waals surface area contributed by atoms with E-state index in [-0.39, 0.29) is 24.6 Å². The van der Waals surface area contributed by atoms with E-state index in [2.05, 4.69) is 6.92 Å². The number of hydrogen-bond acceptors (Lipinski definition) is 2. The minimum absolute atomic E-state index is 0. The molecule has 1 saturated carbocycles. The lowest BCUT2D eigenvalue weighted by molar-refractivity contribution is 0.0906. The third kappa shape index (κ3) is 2.45. The second-order valence-corrected chi connectivity index (χ2v) is 3.15. The summed E-state index contributed by atoms with van der Waals surface area (Å²) in [4.78, 5) is 0. The zero-order valence-corrected chi connectivity index (χ0v) is 7.10. The van der Waals surface area contributed by atoms with Gasteiger partial charge >= 0.3 is 0 Å². The fraction of sp³-hybridized carbons (Fsp3) is 1.00. The molecular weight excluding hydrogens is 150 g/mol. The molecule has 0 aliphatic heterocycles. The Hall–Kier alpha value is 0.210. The summed E-state index contributed by atoms with van der Waals surface area (Å²) in [6, 6.07) is 0.0359. The van der Waals surface area contributed by atoms with Crippen LogP contribution in [0.3, 0.4) is 0 Å². The molecule has 0 aromatic rings. The monoisotopic (exact) mass is 165 g/mol. The van der Waals surface area contributed by atoms with E-state index < -0.39 is 0 Å². The molecule has 3 atom stereocenters. The Bertz CT molecular complexity index is 99.6. The third-order valence-electron chi connectivity index (χ3n) is 2.12. The van der Waals surface area contributed by atoms with E-state index in [4.69, 9.17) is 5.73 Å². The maximum atomic E-state index is 9.17. The number of halogens is 1. The molecule has 0 spiro atoms. The molecule has 0 radical (unpaired) electrons. The zero-order valence-electron chi connectivity index (χ0n) is 6.29. The molecule has 1 aliphatic carbocycles. The first-order valence-corrected chi connectivity index (χ1v) is 3.64. The molecule has 10 heavy (non-hydrogen) atoms. The van der Waals surface area contributed by atoms with E-state index in [1.54, 1.807) is 0 Å². The molecule has 0 bridgehead atoms. The van der Waals surface area contributed by atoms with Crippen LogP contribution in [0.5, 0.6) is 0 Å². The standard InChI is InChI=1S/C7H15NO.ClH/c1-5-2-3-7(9)6(8)4-5;/h5-7,9H,2-4,8H2,1H3;1H. The highest BCUT2D eigenvalue weighted by atomic mass is 35.5. The van der Waals surface area contributed by atoms with Gasteiger partial charge in [-0.2, -0.15) is 0 Å². The van der Waals surface area contributed by atoms with Crippen molar-refractivity contribution >= 4 is 12.4 Å². The summed E-state index contributed by atoms with van der Waals surface area (Å²) in [6.07, 6.45) is 2.78. The SMILES string of the molecule is CC1CCC(O)C(N)C1.Cl. The van der Waals surface area contributed by atoms with E-state index in [0.717, 1.165) is 19.3 Å². The second kappa shape index (κ2) is 4.16. The molecular formula is C7H16ClNO. The average Bonchev–Trinajstić information content (AvgIpc) is 1.80. The Morgan fingerprint density at radius 1 is 1.40 bits per heavy atom. The van der Waals surface area contributed by atoms with E-state index in [1.165, 1.54) is 0 Å². The van der Waals surface area contributed by atoms with Crippen LogP contribution in [-0.4, -0.2) is 17.3 Å². The fourth-order valence-corrected chi connectivity index (χ4v) is 1.41. The highest BCUT2D eigenvalue weighted by molar-refractivity contribution is 5.85. The molecule has 3 unspecified atom stereocenters. The van der Waals surface area contributed by atoms with Crippen LogP contribution >= 0.6 is 12.4 Å². The average molecular weight is 166 g/mol. The molecule has 2 nitrogen and oxygen atoms in total. The quantitative estimate of drug-likeness (QED) is 0.561. The lowest BCUT2D eigenvalue weighted by atomic mass is 9.86. The molecule has 1 aliphatic rings. The smallest absolute Gasteiger partial charge is 0.0691 e. The van der Waals surface area contributed by atoms with Gasteiger partial charge in [-0.3, -0.25) is 0 Å². The fourth-order valence-electron chi connectivity index (χ4n) is 1.41. The van der Waals surface area contributed by atoms with Crippen molar-refractivity contribution in [3.63, 3.8) is 0 Å². The first-order valence-electron chi connectivity index (χ1n) is 3.64. The minimum atomic E-state index is -0.235. The summed E-state index contributed by atoms with van der Waals surface area (Å²) in [5.41, 5.74) is 5.62. The maximum Gasteiger partial charge on any atom is 0.0691 e. The van der Waals surface area contributed by atoms with Crippen molar-refractivity contribution in [1.29, 1.82) is 0 Å². The largest absolute Gasteiger partial charge is 0.392 e. The van der Waals surface area contributed by atoms with Crippen molar-refractivity contribution in [3.8, 4) is 0 Å². The van der Waals surface area contributed by atoms with Gasteiger partial charge < -0.3 is 10.8 Å². The van der Waals surface area contributed by atoms with Crippen molar-refractivity contribution < 1.29 is 5.11 Å². The first-order chi connectivity index (χ1) is 4.20. The Kier molecular flexibility index (Phi) is 4.25. The molecule has 3 heteroatoms. The molecule has 0 saturated heterocycles. The molecule has 3 N–H and O–H groups in total.